The molecular weight excluding hydrogens is 186 g/mol. The van der Waals surface area contributed by atoms with Crippen molar-refractivity contribution < 1.29 is 9.59 Å². The average molecular weight is 201 g/mol. The minimum atomic E-state index is -0.134. The van der Waals surface area contributed by atoms with E-state index >= 15 is 0 Å². The molecule has 0 aliphatic rings. The van der Waals surface area contributed by atoms with Gasteiger partial charge in [-0.1, -0.05) is 5.57 Å². The standard InChI is InChI=1S/C9H15NO2S/c1-7(2)5-8(11)3-4-9(12)10-6-13/h5,13H,3-4,6H2,1-2H3,(H,10,12). The second-order valence-corrected chi connectivity index (χ2v) is 3.26. The number of carbonyl (C=O) groups is 2. The number of nitrogens with one attached hydrogen (secondary N) is 1. The zero-order valence-corrected chi connectivity index (χ0v) is 8.86. The predicted octanol–water partition coefficient (Wildman–Crippen LogP) is 1.31. The molecule has 74 valence electrons. The highest BCUT2D eigenvalue weighted by Crippen LogP contribution is 1.96. The lowest BCUT2D eigenvalue weighted by Gasteiger charge is -1.99. The molecular formula is C9H15NO2S. The van der Waals surface area contributed by atoms with Crippen molar-refractivity contribution in [3.05, 3.63) is 11.6 Å². The summed E-state index contributed by atoms with van der Waals surface area (Å²) in [6.45, 7) is 3.71. The first-order valence-electron chi connectivity index (χ1n) is 4.11. The van der Waals surface area contributed by atoms with E-state index in [4.69, 9.17) is 0 Å². The maximum Gasteiger partial charge on any atom is 0.221 e. The van der Waals surface area contributed by atoms with Crippen molar-refractivity contribution in [3.8, 4) is 0 Å². The van der Waals surface area contributed by atoms with Gasteiger partial charge in [-0.2, -0.15) is 12.6 Å². The van der Waals surface area contributed by atoms with Gasteiger partial charge in [-0.05, 0) is 19.9 Å². The van der Waals surface area contributed by atoms with Crippen molar-refractivity contribution in [1.82, 2.24) is 5.32 Å². The smallest absolute Gasteiger partial charge is 0.221 e. The van der Waals surface area contributed by atoms with Gasteiger partial charge < -0.3 is 5.32 Å². The van der Waals surface area contributed by atoms with Crippen molar-refractivity contribution in [2.45, 2.75) is 26.7 Å². The monoisotopic (exact) mass is 201 g/mol. The van der Waals surface area contributed by atoms with E-state index in [1.807, 2.05) is 13.8 Å². The maximum atomic E-state index is 11.1. The Morgan fingerprint density at radius 2 is 1.92 bits per heavy atom. The van der Waals surface area contributed by atoms with Gasteiger partial charge in [0.05, 0.1) is 5.88 Å². The number of ketones is 1. The van der Waals surface area contributed by atoms with E-state index in [9.17, 15) is 9.59 Å². The molecule has 0 radical (unpaired) electrons. The average Bonchev–Trinajstić information content (AvgIpc) is 2.00. The Morgan fingerprint density at radius 1 is 1.31 bits per heavy atom. The van der Waals surface area contributed by atoms with Crippen LogP contribution in [0.4, 0.5) is 0 Å². The molecule has 0 rings (SSSR count). The lowest BCUT2D eigenvalue weighted by molar-refractivity contribution is -0.123. The Bertz CT molecular complexity index is 220. The zero-order valence-electron chi connectivity index (χ0n) is 7.96. The number of hydrogen-bond acceptors (Lipinski definition) is 3. The minimum Gasteiger partial charge on any atom is -0.347 e. The van der Waals surface area contributed by atoms with Crippen LogP contribution in [0.15, 0.2) is 11.6 Å². The lowest BCUT2D eigenvalue weighted by Crippen LogP contribution is -2.21. The minimum absolute atomic E-state index is 0.00526. The molecule has 0 aliphatic heterocycles. The molecule has 0 saturated carbocycles. The molecule has 0 aromatic carbocycles. The van der Waals surface area contributed by atoms with Crippen LogP contribution in [0.5, 0.6) is 0 Å². The van der Waals surface area contributed by atoms with E-state index < -0.39 is 0 Å². The summed E-state index contributed by atoms with van der Waals surface area (Å²) in [4.78, 5) is 22.0. The van der Waals surface area contributed by atoms with Crippen LogP contribution in [0, 0.1) is 0 Å². The predicted molar refractivity (Wildman–Crippen MR) is 55.7 cm³/mol. The second-order valence-electron chi connectivity index (χ2n) is 2.95. The van der Waals surface area contributed by atoms with E-state index in [0.717, 1.165) is 5.57 Å². The summed E-state index contributed by atoms with van der Waals surface area (Å²) >= 11 is 3.83. The number of hydrogen-bond donors (Lipinski definition) is 2. The molecule has 1 N–H and O–H groups in total. The largest absolute Gasteiger partial charge is 0.347 e. The fourth-order valence-electron chi connectivity index (χ4n) is 0.807. The van der Waals surface area contributed by atoms with Gasteiger partial charge in [-0.25, -0.2) is 0 Å². The van der Waals surface area contributed by atoms with Gasteiger partial charge in [-0.3, -0.25) is 9.59 Å². The third kappa shape index (κ3) is 7.59. The van der Waals surface area contributed by atoms with Crippen molar-refractivity contribution in [3.63, 3.8) is 0 Å². The van der Waals surface area contributed by atoms with Crippen LogP contribution < -0.4 is 5.32 Å². The van der Waals surface area contributed by atoms with Gasteiger partial charge in [0.25, 0.3) is 0 Å². The van der Waals surface area contributed by atoms with Crippen molar-refractivity contribution >= 4 is 24.3 Å². The highest BCUT2D eigenvalue weighted by Gasteiger charge is 2.03. The summed E-state index contributed by atoms with van der Waals surface area (Å²) in [5, 5.41) is 2.51. The highest BCUT2D eigenvalue weighted by atomic mass is 32.1. The van der Waals surface area contributed by atoms with E-state index in [-0.39, 0.29) is 24.5 Å². The van der Waals surface area contributed by atoms with Crippen LogP contribution in [-0.2, 0) is 9.59 Å². The Hall–Kier alpha value is -0.770. The molecule has 0 aromatic heterocycles. The van der Waals surface area contributed by atoms with Crippen LogP contribution in [-0.4, -0.2) is 17.6 Å². The Balaban J connectivity index is 3.71. The van der Waals surface area contributed by atoms with Crippen molar-refractivity contribution in [1.29, 1.82) is 0 Å². The summed E-state index contributed by atoms with van der Waals surface area (Å²) in [5.41, 5.74) is 0.958. The first-order chi connectivity index (χ1) is 6.06. The number of rotatable bonds is 5. The molecule has 0 heterocycles. The molecule has 0 aliphatic carbocycles. The summed E-state index contributed by atoms with van der Waals surface area (Å²) in [6.07, 6.45) is 2.06. The van der Waals surface area contributed by atoms with E-state index in [1.165, 1.54) is 0 Å². The molecule has 0 fully saturated rings. The van der Waals surface area contributed by atoms with Gasteiger partial charge >= 0.3 is 0 Å². The maximum absolute atomic E-state index is 11.1. The van der Waals surface area contributed by atoms with Gasteiger partial charge in [0.1, 0.15) is 0 Å². The first kappa shape index (κ1) is 12.2. The molecule has 3 nitrogen and oxygen atoms in total. The number of amides is 1. The van der Waals surface area contributed by atoms with Crippen LogP contribution >= 0.6 is 12.6 Å². The topological polar surface area (TPSA) is 46.2 Å². The normalized spacial score (nSPS) is 9.15. The van der Waals surface area contributed by atoms with Crippen LogP contribution in [0.2, 0.25) is 0 Å². The molecule has 0 aromatic rings. The second kappa shape index (κ2) is 6.71. The molecule has 13 heavy (non-hydrogen) atoms. The van der Waals surface area contributed by atoms with Crippen LogP contribution in [0.25, 0.3) is 0 Å². The number of carbonyl (C=O) groups excluding carboxylic acids is 2. The fraction of sp³-hybridized carbons (Fsp3) is 0.556. The zero-order chi connectivity index (χ0) is 10.3. The molecule has 0 unspecified atom stereocenters. The SMILES string of the molecule is CC(C)=CC(=O)CCC(=O)NCS. The third-order valence-electron chi connectivity index (χ3n) is 1.32. The van der Waals surface area contributed by atoms with Gasteiger partial charge in [0.15, 0.2) is 5.78 Å². The van der Waals surface area contributed by atoms with Gasteiger partial charge in [-0.15, -0.1) is 0 Å². The molecule has 4 heteroatoms. The third-order valence-corrected chi connectivity index (χ3v) is 1.48. The van der Waals surface area contributed by atoms with Gasteiger partial charge in [0, 0.05) is 12.8 Å². The van der Waals surface area contributed by atoms with Gasteiger partial charge in [0.2, 0.25) is 5.91 Å². The number of thiol groups is 1. The highest BCUT2D eigenvalue weighted by molar-refractivity contribution is 7.80. The Labute approximate surface area is 84.0 Å². The van der Waals surface area contributed by atoms with E-state index in [1.54, 1.807) is 6.08 Å². The lowest BCUT2D eigenvalue weighted by atomic mass is 10.1. The Kier molecular flexibility index (Phi) is 6.32. The van der Waals surface area contributed by atoms with Crippen LogP contribution in [0.1, 0.15) is 26.7 Å². The summed E-state index contributed by atoms with van der Waals surface area (Å²) in [6, 6.07) is 0. The summed E-state index contributed by atoms with van der Waals surface area (Å²) < 4.78 is 0. The Morgan fingerprint density at radius 3 is 2.38 bits per heavy atom. The van der Waals surface area contributed by atoms with E-state index in [0.29, 0.717) is 5.88 Å². The first-order valence-corrected chi connectivity index (χ1v) is 4.74. The number of allylic oxidation sites excluding steroid dienone is 2. The molecule has 1 amide bonds. The molecule has 0 bridgehead atoms. The van der Waals surface area contributed by atoms with Crippen molar-refractivity contribution in [2.75, 3.05) is 5.88 Å². The molecule has 0 atom stereocenters. The molecule has 0 spiro atoms. The van der Waals surface area contributed by atoms with E-state index in [2.05, 4.69) is 17.9 Å². The fourth-order valence-corrected chi connectivity index (χ4v) is 0.984. The molecule has 0 saturated heterocycles. The van der Waals surface area contributed by atoms with Crippen molar-refractivity contribution in [2.24, 2.45) is 0 Å². The summed E-state index contributed by atoms with van der Waals surface area (Å²) in [7, 11) is 0. The quantitative estimate of drug-likeness (QED) is 0.400. The van der Waals surface area contributed by atoms with Crippen LogP contribution in [0.3, 0.4) is 0 Å². The summed E-state index contributed by atoms with van der Waals surface area (Å²) in [5.74, 6) is 0.176.